The standard InChI is InChI=1S/C16H17N3O4S/c1-11-9-19(10-14(11)16(20)21)24(22,23)13-7-17-15(18-8-13)12-5-3-2-4-6-12/h2-8,11,14H,9-10H2,1H3,(H,20,21)/t11-,14-/m1/s1. The number of hydrogen-bond donors (Lipinski definition) is 1. The van der Waals surface area contributed by atoms with Gasteiger partial charge in [0.2, 0.25) is 10.0 Å². The van der Waals surface area contributed by atoms with Crippen molar-refractivity contribution in [3.05, 3.63) is 42.7 Å². The van der Waals surface area contributed by atoms with E-state index in [0.29, 0.717) is 5.82 Å². The van der Waals surface area contributed by atoms with Crippen molar-refractivity contribution in [1.29, 1.82) is 0 Å². The van der Waals surface area contributed by atoms with Crippen LogP contribution in [0.25, 0.3) is 11.4 Å². The lowest BCUT2D eigenvalue weighted by Gasteiger charge is -2.15. The van der Waals surface area contributed by atoms with Crippen LogP contribution >= 0.6 is 0 Å². The minimum Gasteiger partial charge on any atom is -0.481 e. The molecular weight excluding hydrogens is 330 g/mol. The molecule has 0 aliphatic carbocycles. The van der Waals surface area contributed by atoms with Crippen LogP contribution in [-0.4, -0.2) is 46.9 Å². The zero-order valence-electron chi connectivity index (χ0n) is 13.0. The highest BCUT2D eigenvalue weighted by Gasteiger charge is 2.40. The maximum atomic E-state index is 12.6. The molecule has 1 aromatic heterocycles. The lowest BCUT2D eigenvalue weighted by molar-refractivity contribution is -0.142. The molecule has 2 heterocycles. The second-order valence-electron chi connectivity index (χ2n) is 5.85. The summed E-state index contributed by atoms with van der Waals surface area (Å²) in [5.41, 5.74) is 0.794. The normalized spacial score (nSPS) is 21.7. The zero-order chi connectivity index (χ0) is 17.3. The number of rotatable bonds is 4. The van der Waals surface area contributed by atoms with E-state index in [9.17, 15) is 13.2 Å². The summed E-state index contributed by atoms with van der Waals surface area (Å²) < 4.78 is 26.5. The van der Waals surface area contributed by atoms with E-state index in [1.54, 1.807) is 6.92 Å². The van der Waals surface area contributed by atoms with Gasteiger partial charge in [-0.1, -0.05) is 37.3 Å². The third-order valence-electron chi connectivity index (χ3n) is 4.19. The average Bonchev–Trinajstić information content (AvgIpc) is 2.99. The maximum absolute atomic E-state index is 12.6. The quantitative estimate of drug-likeness (QED) is 0.899. The number of sulfonamides is 1. The van der Waals surface area contributed by atoms with Crippen molar-refractivity contribution in [3.8, 4) is 11.4 Å². The largest absolute Gasteiger partial charge is 0.481 e. The van der Waals surface area contributed by atoms with Gasteiger partial charge in [-0.05, 0) is 5.92 Å². The van der Waals surface area contributed by atoms with Crippen molar-refractivity contribution >= 4 is 16.0 Å². The number of aromatic nitrogens is 2. The van der Waals surface area contributed by atoms with Crippen LogP contribution in [-0.2, 0) is 14.8 Å². The third kappa shape index (κ3) is 3.02. The second-order valence-corrected chi connectivity index (χ2v) is 7.79. The number of hydrogen-bond acceptors (Lipinski definition) is 5. The van der Waals surface area contributed by atoms with Crippen molar-refractivity contribution in [1.82, 2.24) is 14.3 Å². The van der Waals surface area contributed by atoms with E-state index < -0.39 is 21.9 Å². The molecule has 0 unspecified atom stereocenters. The van der Waals surface area contributed by atoms with Crippen LogP contribution in [0.2, 0.25) is 0 Å². The minimum absolute atomic E-state index is 0.0274. The molecule has 2 atom stereocenters. The van der Waals surface area contributed by atoms with Crippen LogP contribution in [0.5, 0.6) is 0 Å². The summed E-state index contributed by atoms with van der Waals surface area (Å²) in [6, 6.07) is 9.24. The summed E-state index contributed by atoms with van der Waals surface area (Å²) >= 11 is 0. The Hall–Kier alpha value is -2.32. The molecule has 1 aromatic carbocycles. The molecule has 3 rings (SSSR count). The van der Waals surface area contributed by atoms with Gasteiger partial charge in [-0.25, -0.2) is 18.4 Å². The van der Waals surface area contributed by atoms with Crippen molar-refractivity contribution in [2.75, 3.05) is 13.1 Å². The monoisotopic (exact) mass is 347 g/mol. The van der Waals surface area contributed by atoms with Crippen molar-refractivity contribution in [2.45, 2.75) is 11.8 Å². The molecule has 1 saturated heterocycles. The molecule has 0 spiro atoms. The van der Waals surface area contributed by atoms with E-state index in [1.807, 2.05) is 30.3 Å². The first-order chi connectivity index (χ1) is 11.4. The van der Waals surface area contributed by atoms with Crippen LogP contribution in [0.15, 0.2) is 47.6 Å². The van der Waals surface area contributed by atoms with E-state index in [0.717, 1.165) is 5.56 Å². The fourth-order valence-electron chi connectivity index (χ4n) is 2.77. The van der Waals surface area contributed by atoms with E-state index in [1.165, 1.54) is 16.7 Å². The van der Waals surface area contributed by atoms with Gasteiger partial charge in [0.1, 0.15) is 4.90 Å². The van der Waals surface area contributed by atoms with Gasteiger partial charge in [-0.3, -0.25) is 4.79 Å². The van der Waals surface area contributed by atoms with E-state index in [-0.39, 0.29) is 23.9 Å². The number of carboxylic acids is 1. The number of carbonyl (C=O) groups is 1. The van der Waals surface area contributed by atoms with Crippen LogP contribution in [0, 0.1) is 11.8 Å². The molecule has 0 radical (unpaired) electrons. The highest BCUT2D eigenvalue weighted by atomic mass is 32.2. The predicted octanol–water partition coefficient (Wildman–Crippen LogP) is 1.48. The number of aliphatic carboxylic acids is 1. The molecule has 1 N–H and O–H groups in total. The molecule has 24 heavy (non-hydrogen) atoms. The SMILES string of the molecule is C[C@@H]1CN(S(=O)(=O)c2cnc(-c3ccccc3)nc2)C[C@H]1C(=O)O. The summed E-state index contributed by atoms with van der Waals surface area (Å²) in [6.07, 6.45) is 2.53. The Bertz CT molecular complexity index is 837. The molecule has 8 heteroatoms. The molecule has 7 nitrogen and oxygen atoms in total. The van der Waals surface area contributed by atoms with Gasteiger partial charge < -0.3 is 5.11 Å². The highest BCUT2D eigenvalue weighted by molar-refractivity contribution is 7.89. The number of benzene rings is 1. The van der Waals surface area contributed by atoms with E-state index in [2.05, 4.69) is 9.97 Å². The molecule has 0 amide bonds. The molecule has 1 aliphatic rings. The third-order valence-corrected chi connectivity index (χ3v) is 5.98. The van der Waals surface area contributed by atoms with Crippen LogP contribution < -0.4 is 0 Å². The minimum atomic E-state index is -3.79. The molecular formula is C16H17N3O4S. The van der Waals surface area contributed by atoms with Crippen molar-refractivity contribution in [3.63, 3.8) is 0 Å². The maximum Gasteiger partial charge on any atom is 0.308 e. The first-order valence-electron chi connectivity index (χ1n) is 7.50. The summed E-state index contributed by atoms with van der Waals surface area (Å²) in [7, 11) is -3.79. The van der Waals surface area contributed by atoms with Crippen LogP contribution in [0.3, 0.4) is 0 Å². The lowest BCUT2D eigenvalue weighted by Crippen LogP contribution is -2.30. The van der Waals surface area contributed by atoms with E-state index in [4.69, 9.17) is 5.11 Å². The van der Waals surface area contributed by atoms with Gasteiger partial charge in [0.15, 0.2) is 5.82 Å². The number of carboxylic acid groups (broad SMARTS) is 1. The first kappa shape index (κ1) is 16.5. The molecule has 2 aromatic rings. The summed E-state index contributed by atoms with van der Waals surface area (Å²) in [6.45, 7) is 1.89. The van der Waals surface area contributed by atoms with Crippen LogP contribution in [0.4, 0.5) is 0 Å². The first-order valence-corrected chi connectivity index (χ1v) is 8.94. The van der Waals surface area contributed by atoms with E-state index >= 15 is 0 Å². The average molecular weight is 347 g/mol. The van der Waals surface area contributed by atoms with Gasteiger partial charge in [0.25, 0.3) is 0 Å². The predicted molar refractivity (Wildman–Crippen MR) is 86.5 cm³/mol. The molecule has 1 aliphatic heterocycles. The Labute approximate surface area is 140 Å². The summed E-state index contributed by atoms with van der Waals surface area (Å²) in [5, 5.41) is 9.15. The molecule has 0 saturated carbocycles. The Morgan fingerprint density at radius 3 is 2.33 bits per heavy atom. The number of nitrogens with zero attached hydrogens (tertiary/aromatic N) is 3. The zero-order valence-corrected chi connectivity index (χ0v) is 13.8. The highest BCUT2D eigenvalue weighted by Crippen LogP contribution is 2.28. The van der Waals surface area contributed by atoms with Gasteiger partial charge in [-0.15, -0.1) is 0 Å². The van der Waals surface area contributed by atoms with Gasteiger partial charge in [0.05, 0.1) is 18.3 Å². The Kier molecular flexibility index (Phi) is 4.33. The Morgan fingerprint density at radius 1 is 1.17 bits per heavy atom. The Balaban J connectivity index is 1.85. The summed E-state index contributed by atoms with van der Waals surface area (Å²) in [4.78, 5) is 19.4. The van der Waals surface area contributed by atoms with Crippen molar-refractivity contribution in [2.24, 2.45) is 11.8 Å². The van der Waals surface area contributed by atoms with Gasteiger partial charge in [0, 0.05) is 18.7 Å². The fourth-order valence-corrected chi connectivity index (χ4v) is 4.23. The Morgan fingerprint density at radius 2 is 1.79 bits per heavy atom. The lowest BCUT2D eigenvalue weighted by atomic mass is 9.99. The smallest absolute Gasteiger partial charge is 0.308 e. The van der Waals surface area contributed by atoms with Crippen LogP contribution in [0.1, 0.15) is 6.92 Å². The molecule has 1 fully saturated rings. The van der Waals surface area contributed by atoms with Gasteiger partial charge in [-0.2, -0.15) is 4.31 Å². The molecule has 0 bridgehead atoms. The van der Waals surface area contributed by atoms with Crippen molar-refractivity contribution < 1.29 is 18.3 Å². The fraction of sp³-hybridized carbons (Fsp3) is 0.312. The van der Waals surface area contributed by atoms with Gasteiger partial charge >= 0.3 is 5.97 Å². The topological polar surface area (TPSA) is 100 Å². The summed E-state index contributed by atoms with van der Waals surface area (Å²) in [5.74, 6) is -1.46. The molecule has 126 valence electrons. The second kappa shape index (κ2) is 6.29.